The summed E-state index contributed by atoms with van der Waals surface area (Å²) in [6, 6.07) is 4.43. The number of aryl methyl sites for hydroxylation is 3. The molecule has 1 N–H and O–H groups in total. The number of fused-ring (bicyclic) bond motifs is 1. The van der Waals surface area contributed by atoms with Gasteiger partial charge in [-0.05, 0) is 49.6 Å². The van der Waals surface area contributed by atoms with Gasteiger partial charge in [0, 0.05) is 23.6 Å². The van der Waals surface area contributed by atoms with Crippen LogP contribution in [-0.2, 0) is 6.54 Å². The van der Waals surface area contributed by atoms with Crippen LogP contribution in [0, 0.1) is 20.8 Å². The van der Waals surface area contributed by atoms with Gasteiger partial charge in [-0.25, -0.2) is 0 Å². The number of rotatable bonds is 2. The molecule has 2 heteroatoms. The Bertz CT molecular complexity index is 497. The van der Waals surface area contributed by atoms with Gasteiger partial charge in [0.25, 0.3) is 0 Å². The van der Waals surface area contributed by atoms with Crippen molar-refractivity contribution in [3.8, 4) is 0 Å². The van der Waals surface area contributed by atoms with E-state index in [0.29, 0.717) is 6.54 Å². The fraction of sp³-hybridized carbons (Fsp3) is 0.385. The van der Waals surface area contributed by atoms with E-state index in [2.05, 4.69) is 43.7 Å². The van der Waals surface area contributed by atoms with Gasteiger partial charge >= 0.3 is 0 Å². The summed E-state index contributed by atoms with van der Waals surface area (Å²) in [7, 11) is 0. The Morgan fingerprint density at radius 2 is 1.73 bits per heavy atom. The summed E-state index contributed by atoms with van der Waals surface area (Å²) in [5.74, 6) is 0. The van der Waals surface area contributed by atoms with Crippen molar-refractivity contribution in [1.29, 1.82) is 0 Å². The van der Waals surface area contributed by atoms with Crippen molar-refractivity contribution >= 4 is 10.9 Å². The lowest BCUT2D eigenvalue weighted by molar-refractivity contribution is 0.278. The third-order valence-corrected chi connectivity index (χ3v) is 3.04. The van der Waals surface area contributed by atoms with Crippen LogP contribution in [0.25, 0.3) is 10.9 Å². The molecule has 2 aromatic rings. The third-order valence-electron chi connectivity index (χ3n) is 3.04. The maximum atomic E-state index is 8.99. The van der Waals surface area contributed by atoms with Crippen LogP contribution in [0.5, 0.6) is 0 Å². The van der Waals surface area contributed by atoms with Crippen LogP contribution >= 0.6 is 0 Å². The first kappa shape index (κ1) is 10.2. The molecule has 1 aromatic carbocycles. The van der Waals surface area contributed by atoms with Crippen molar-refractivity contribution < 1.29 is 5.11 Å². The molecule has 0 radical (unpaired) electrons. The molecule has 80 valence electrons. The van der Waals surface area contributed by atoms with Gasteiger partial charge < -0.3 is 9.67 Å². The highest BCUT2D eigenvalue weighted by atomic mass is 16.3. The minimum Gasteiger partial charge on any atom is -0.395 e. The average Bonchev–Trinajstić information content (AvgIpc) is 2.46. The number of aromatic nitrogens is 1. The standard InChI is InChI=1S/C13H17NO/c1-9-6-12-11(3)8-14(4-5-15)13(12)7-10(9)2/h6-8,15H,4-5H2,1-3H3. The number of hydrogen-bond donors (Lipinski definition) is 1. The molecular weight excluding hydrogens is 186 g/mol. The van der Waals surface area contributed by atoms with Crippen molar-refractivity contribution in [3.05, 3.63) is 35.0 Å². The van der Waals surface area contributed by atoms with E-state index in [-0.39, 0.29) is 6.61 Å². The maximum absolute atomic E-state index is 8.99. The van der Waals surface area contributed by atoms with Crippen molar-refractivity contribution in [3.63, 3.8) is 0 Å². The first-order valence-electron chi connectivity index (χ1n) is 5.31. The first-order chi connectivity index (χ1) is 7.13. The van der Waals surface area contributed by atoms with Crippen LogP contribution in [0.2, 0.25) is 0 Å². The molecule has 1 aromatic heterocycles. The number of benzene rings is 1. The second kappa shape index (κ2) is 3.70. The van der Waals surface area contributed by atoms with Crippen LogP contribution < -0.4 is 0 Å². The van der Waals surface area contributed by atoms with E-state index < -0.39 is 0 Å². The summed E-state index contributed by atoms with van der Waals surface area (Å²) in [6.45, 7) is 7.24. The zero-order valence-corrected chi connectivity index (χ0v) is 9.54. The monoisotopic (exact) mass is 203 g/mol. The normalized spacial score (nSPS) is 11.2. The summed E-state index contributed by atoms with van der Waals surface area (Å²) >= 11 is 0. The predicted molar refractivity (Wildman–Crippen MR) is 63.2 cm³/mol. The summed E-state index contributed by atoms with van der Waals surface area (Å²) in [6.07, 6.45) is 2.11. The van der Waals surface area contributed by atoms with Crippen molar-refractivity contribution in [2.24, 2.45) is 0 Å². The molecule has 0 saturated heterocycles. The summed E-state index contributed by atoms with van der Waals surface area (Å²) in [4.78, 5) is 0. The van der Waals surface area contributed by atoms with Gasteiger partial charge in [0.1, 0.15) is 0 Å². The van der Waals surface area contributed by atoms with Gasteiger partial charge in [0.15, 0.2) is 0 Å². The number of nitrogens with zero attached hydrogens (tertiary/aromatic N) is 1. The molecule has 0 bridgehead atoms. The van der Waals surface area contributed by atoms with Gasteiger partial charge in [0.2, 0.25) is 0 Å². The molecule has 0 aliphatic carbocycles. The first-order valence-corrected chi connectivity index (χ1v) is 5.31. The minimum atomic E-state index is 0.191. The Labute approximate surface area is 90.2 Å². The smallest absolute Gasteiger partial charge is 0.0610 e. The molecule has 0 aliphatic heterocycles. The number of aliphatic hydroxyl groups excluding tert-OH is 1. The summed E-state index contributed by atoms with van der Waals surface area (Å²) in [5.41, 5.74) is 5.14. The highest BCUT2D eigenvalue weighted by Gasteiger charge is 2.06. The van der Waals surface area contributed by atoms with Gasteiger partial charge in [-0.3, -0.25) is 0 Å². The molecule has 0 unspecified atom stereocenters. The van der Waals surface area contributed by atoms with E-state index in [0.717, 1.165) is 0 Å². The van der Waals surface area contributed by atoms with E-state index in [1.165, 1.54) is 27.6 Å². The van der Waals surface area contributed by atoms with Gasteiger partial charge in [-0.15, -0.1) is 0 Å². The third kappa shape index (κ3) is 1.65. The zero-order chi connectivity index (χ0) is 11.0. The summed E-state index contributed by atoms with van der Waals surface area (Å²) < 4.78 is 2.12. The molecule has 2 nitrogen and oxygen atoms in total. The molecule has 15 heavy (non-hydrogen) atoms. The average molecular weight is 203 g/mol. The van der Waals surface area contributed by atoms with E-state index in [1.807, 2.05) is 0 Å². The Hall–Kier alpha value is -1.28. The van der Waals surface area contributed by atoms with Crippen LogP contribution in [0.4, 0.5) is 0 Å². The van der Waals surface area contributed by atoms with Gasteiger partial charge in [-0.1, -0.05) is 0 Å². The molecule has 0 amide bonds. The fourth-order valence-electron chi connectivity index (χ4n) is 2.02. The Kier molecular flexibility index (Phi) is 2.53. The molecule has 0 aliphatic rings. The van der Waals surface area contributed by atoms with Gasteiger partial charge in [0.05, 0.1) is 6.61 Å². The van der Waals surface area contributed by atoms with Crippen molar-refractivity contribution in [2.75, 3.05) is 6.61 Å². The quantitative estimate of drug-likeness (QED) is 0.797. The molecule has 0 spiro atoms. The van der Waals surface area contributed by atoms with Crippen molar-refractivity contribution in [1.82, 2.24) is 4.57 Å². The zero-order valence-electron chi connectivity index (χ0n) is 9.54. The topological polar surface area (TPSA) is 25.2 Å². The second-order valence-electron chi connectivity index (χ2n) is 4.18. The summed E-state index contributed by atoms with van der Waals surface area (Å²) in [5, 5.41) is 10.3. The lowest BCUT2D eigenvalue weighted by Crippen LogP contribution is -2.00. The molecule has 0 saturated carbocycles. The fourth-order valence-corrected chi connectivity index (χ4v) is 2.02. The molecule has 2 rings (SSSR count). The van der Waals surface area contributed by atoms with E-state index in [4.69, 9.17) is 5.11 Å². The molecule has 1 heterocycles. The lowest BCUT2D eigenvalue weighted by Gasteiger charge is -2.05. The molecular formula is C13H17NO. The van der Waals surface area contributed by atoms with E-state index >= 15 is 0 Å². The number of aliphatic hydroxyl groups is 1. The predicted octanol–water partition coefficient (Wildman–Crippen LogP) is 2.56. The lowest BCUT2D eigenvalue weighted by atomic mass is 10.1. The van der Waals surface area contributed by atoms with Crippen LogP contribution in [-0.4, -0.2) is 16.3 Å². The maximum Gasteiger partial charge on any atom is 0.0610 e. The Morgan fingerprint density at radius 3 is 2.40 bits per heavy atom. The highest BCUT2D eigenvalue weighted by molar-refractivity contribution is 5.85. The molecule has 0 fully saturated rings. The van der Waals surface area contributed by atoms with Gasteiger partial charge in [-0.2, -0.15) is 0 Å². The van der Waals surface area contributed by atoms with Crippen molar-refractivity contribution in [2.45, 2.75) is 27.3 Å². The SMILES string of the molecule is Cc1cc2c(C)cn(CCO)c2cc1C. The largest absolute Gasteiger partial charge is 0.395 e. The highest BCUT2D eigenvalue weighted by Crippen LogP contribution is 2.24. The molecule has 0 atom stereocenters. The van der Waals surface area contributed by atoms with E-state index in [9.17, 15) is 0 Å². The minimum absolute atomic E-state index is 0.191. The number of hydrogen-bond acceptors (Lipinski definition) is 1. The second-order valence-corrected chi connectivity index (χ2v) is 4.18. The Balaban J connectivity index is 2.70. The Morgan fingerprint density at radius 1 is 1.07 bits per heavy atom. The van der Waals surface area contributed by atoms with Crippen LogP contribution in [0.3, 0.4) is 0 Å². The van der Waals surface area contributed by atoms with E-state index in [1.54, 1.807) is 0 Å². The van der Waals surface area contributed by atoms with Crippen LogP contribution in [0.15, 0.2) is 18.3 Å². The van der Waals surface area contributed by atoms with Crippen LogP contribution in [0.1, 0.15) is 16.7 Å².